The number of rotatable bonds is 5. The van der Waals surface area contributed by atoms with Crippen LogP contribution in [0.4, 0.5) is 0 Å². The summed E-state index contributed by atoms with van der Waals surface area (Å²) in [5.74, 6) is 1.10. The van der Waals surface area contributed by atoms with Crippen molar-refractivity contribution in [3.05, 3.63) is 23.0 Å². The van der Waals surface area contributed by atoms with Crippen LogP contribution in [0.5, 0.6) is 0 Å². The minimum Gasteiger partial charge on any atom is -0.361 e. The first-order valence-electron chi connectivity index (χ1n) is 8.49. The van der Waals surface area contributed by atoms with Gasteiger partial charge in [-0.15, -0.1) is 0 Å². The van der Waals surface area contributed by atoms with Gasteiger partial charge in [0.15, 0.2) is 0 Å². The molecule has 0 spiro atoms. The SMILES string of the molecule is CCN1CCC(NC(=O)c2cc(C3CC3)[nH]c2C2CC2)C1=O. The zero-order valence-corrected chi connectivity index (χ0v) is 13.0. The van der Waals surface area contributed by atoms with Crippen LogP contribution in [-0.2, 0) is 4.79 Å². The predicted molar refractivity (Wildman–Crippen MR) is 82.9 cm³/mol. The fourth-order valence-corrected chi connectivity index (χ4v) is 3.41. The second-order valence-corrected chi connectivity index (χ2v) is 6.83. The maximum Gasteiger partial charge on any atom is 0.253 e. The highest BCUT2D eigenvalue weighted by atomic mass is 16.2. The van der Waals surface area contributed by atoms with Crippen molar-refractivity contribution in [2.45, 2.75) is 56.9 Å². The minimum absolute atomic E-state index is 0.0572. The van der Waals surface area contributed by atoms with Crippen molar-refractivity contribution in [2.24, 2.45) is 0 Å². The lowest BCUT2D eigenvalue weighted by molar-refractivity contribution is -0.129. The minimum atomic E-state index is -0.348. The first-order chi connectivity index (χ1) is 10.7. The Bertz CT molecular complexity index is 613. The quantitative estimate of drug-likeness (QED) is 0.875. The standard InChI is InChI=1S/C17H23N3O2/c1-2-20-8-7-13(17(20)22)19-16(21)12-9-14(10-3-4-10)18-15(12)11-5-6-11/h9-11,13,18H,2-8H2,1H3,(H,19,21). The van der Waals surface area contributed by atoms with Gasteiger partial charge in [0.25, 0.3) is 5.91 Å². The number of nitrogens with zero attached hydrogens (tertiary/aromatic N) is 1. The molecule has 1 aromatic heterocycles. The molecule has 2 heterocycles. The van der Waals surface area contributed by atoms with E-state index < -0.39 is 0 Å². The molecule has 5 heteroatoms. The summed E-state index contributed by atoms with van der Waals surface area (Å²) in [6.07, 6.45) is 5.49. The number of likely N-dealkylation sites (N-methyl/N-ethyl adjacent to an activating group) is 1. The zero-order chi connectivity index (χ0) is 15.3. The smallest absolute Gasteiger partial charge is 0.253 e. The number of H-pyrrole nitrogens is 1. The Morgan fingerprint density at radius 2 is 2.00 bits per heavy atom. The molecule has 3 aliphatic rings. The van der Waals surface area contributed by atoms with Gasteiger partial charge in [-0.3, -0.25) is 9.59 Å². The molecule has 2 amide bonds. The molecule has 2 aliphatic carbocycles. The van der Waals surface area contributed by atoms with Crippen molar-refractivity contribution in [3.8, 4) is 0 Å². The van der Waals surface area contributed by atoms with Crippen LogP contribution in [-0.4, -0.2) is 40.8 Å². The third-order valence-electron chi connectivity index (χ3n) is 5.10. The van der Waals surface area contributed by atoms with E-state index in [2.05, 4.69) is 10.3 Å². The van der Waals surface area contributed by atoms with Gasteiger partial charge < -0.3 is 15.2 Å². The Kier molecular flexibility index (Phi) is 3.24. The van der Waals surface area contributed by atoms with Crippen molar-refractivity contribution in [1.82, 2.24) is 15.2 Å². The first-order valence-corrected chi connectivity index (χ1v) is 8.49. The maximum atomic E-state index is 12.6. The van der Waals surface area contributed by atoms with Crippen LogP contribution < -0.4 is 5.32 Å². The van der Waals surface area contributed by atoms with E-state index in [0.29, 0.717) is 18.4 Å². The zero-order valence-electron chi connectivity index (χ0n) is 13.0. The number of amides is 2. The average Bonchev–Trinajstić information content (AvgIpc) is 3.44. The van der Waals surface area contributed by atoms with Gasteiger partial charge in [0.1, 0.15) is 6.04 Å². The molecular formula is C17H23N3O2. The number of aromatic nitrogens is 1. The van der Waals surface area contributed by atoms with Crippen molar-refractivity contribution in [2.75, 3.05) is 13.1 Å². The summed E-state index contributed by atoms with van der Waals surface area (Å²) < 4.78 is 0. The summed E-state index contributed by atoms with van der Waals surface area (Å²) >= 11 is 0. The molecule has 4 rings (SSSR count). The molecule has 1 saturated heterocycles. The number of hydrogen-bond donors (Lipinski definition) is 2. The summed E-state index contributed by atoms with van der Waals surface area (Å²) in [6.45, 7) is 3.44. The van der Waals surface area contributed by atoms with Gasteiger partial charge in [0, 0.05) is 24.5 Å². The Morgan fingerprint density at radius 1 is 1.27 bits per heavy atom. The lowest BCUT2D eigenvalue weighted by Gasteiger charge is -2.14. The molecule has 3 fully saturated rings. The van der Waals surface area contributed by atoms with E-state index in [1.54, 1.807) is 4.90 Å². The van der Waals surface area contributed by atoms with Gasteiger partial charge in [0.2, 0.25) is 5.91 Å². The second-order valence-electron chi connectivity index (χ2n) is 6.83. The van der Waals surface area contributed by atoms with Crippen LogP contribution >= 0.6 is 0 Å². The number of nitrogens with one attached hydrogen (secondary N) is 2. The predicted octanol–water partition coefficient (Wildman–Crippen LogP) is 2.12. The van der Waals surface area contributed by atoms with Crippen molar-refractivity contribution in [3.63, 3.8) is 0 Å². The van der Waals surface area contributed by atoms with Crippen LogP contribution in [0.1, 0.15) is 72.6 Å². The highest BCUT2D eigenvalue weighted by Gasteiger charge is 2.36. The topological polar surface area (TPSA) is 65.2 Å². The fourth-order valence-electron chi connectivity index (χ4n) is 3.41. The van der Waals surface area contributed by atoms with Crippen LogP contribution in [0.3, 0.4) is 0 Å². The van der Waals surface area contributed by atoms with Crippen LogP contribution in [0, 0.1) is 0 Å². The number of hydrogen-bond acceptors (Lipinski definition) is 2. The first kappa shape index (κ1) is 13.9. The molecule has 1 aliphatic heterocycles. The van der Waals surface area contributed by atoms with Crippen LogP contribution in [0.25, 0.3) is 0 Å². The molecule has 0 bridgehead atoms. The molecule has 0 radical (unpaired) electrons. The van der Waals surface area contributed by atoms with Gasteiger partial charge >= 0.3 is 0 Å². The van der Waals surface area contributed by atoms with E-state index in [0.717, 1.165) is 37.1 Å². The molecular weight excluding hydrogens is 278 g/mol. The van der Waals surface area contributed by atoms with Crippen LogP contribution in [0.15, 0.2) is 6.07 Å². The Balaban J connectivity index is 1.51. The number of aromatic amines is 1. The Labute approximate surface area is 130 Å². The van der Waals surface area contributed by atoms with E-state index >= 15 is 0 Å². The normalized spacial score (nSPS) is 24.9. The largest absolute Gasteiger partial charge is 0.361 e. The van der Waals surface area contributed by atoms with E-state index in [4.69, 9.17) is 0 Å². The van der Waals surface area contributed by atoms with E-state index in [9.17, 15) is 9.59 Å². The van der Waals surface area contributed by atoms with Gasteiger partial charge in [-0.25, -0.2) is 0 Å². The van der Waals surface area contributed by atoms with Gasteiger partial charge in [-0.2, -0.15) is 0 Å². The van der Waals surface area contributed by atoms with E-state index in [1.807, 2.05) is 13.0 Å². The maximum absolute atomic E-state index is 12.6. The van der Waals surface area contributed by atoms with Crippen molar-refractivity contribution >= 4 is 11.8 Å². The summed E-state index contributed by atoms with van der Waals surface area (Å²) in [5, 5.41) is 2.95. The molecule has 118 valence electrons. The molecule has 0 aromatic carbocycles. The molecule has 1 aromatic rings. The summed E-state index contributed by atoms with van der Waals surface area (Å²) in [7, 11) is 0. The third kappa shape index (κ3) is 2.42. The van der Waals surface area contributed by atoms with Crippen LogP contribution in [0.2, 0.25) is 0 Å². The average molecular weight is 301 g/mol. The van der Waals surface area contributed by atoms with E-state index in [1.165, 1.54) is 18.5 Å². The van der Waals surface area contributed by atoms with E-state index in [-0.39, 0.29) is 17.9 Å². The second kappa shape index (κ2) is 5.14. The number of carbonyl (C=O) groups is 2. The molecule has 1 atom stereocenters. The highest BCUT2D eigenvalue weighted by molar-refractivity contribution is 5.99. The molecule has 1 unspecified atom stereocenters. The number of carbonyl (C=O) groups excluding carboxylic acids is 2. The van der Waals surface area contributed by atoms with Gasteiger partial charge in [0.05, 0.1) is 5.56 Å². The van der Waals surface area contributed by atoms with Gasteiger partial charge in [-0.1, -0.05) is 0 Å². The number of likely N-dealkylation sites (tertiary alicyclic amines) is 1. The lowest BCUT2D eigenvalue weighted by atomic mass is 10.1. The fraction of sp³-hybridized carbons (Fsp3) is 0.647. The monoisotopic (exact) mass is 301 g/mol. The Hall–Kier alpha value is -1.78. The highest BCUT2D eigenvalue weighted by Crippen LogP contribution is 2.45. The van der Waals surface area contributed by atoms with Crippen molar-refractivity contribution < 1.29 is 9.59 Å². The molecule has 22 heavy (non-hydrogen) atoms. The van der Waals surface area contributed by atoms with Gasteiger partial charge in [-0.05, 0) is 56.9 Å². The Morgan fingerprint density at radius 3 is 2.59 bits per heavy atom. The molecule has 5 nitrogen and oxygen atoms in total. The molecule has 2 N–H and O–H groups in total. The third-order valence-corrected chi connectivity index (χ3v) is 5.10. The summed E-state index contributed by atoms with van der Waals surface area (Å²) in [6, 6.07) is 1.68. The lowest BCUT2D eigenvalue weighted by Crippen LogP contribution is -2.41. The summed E-state index contributed by atoms with van der Waals surface area (Å²) in [5.41, 5.74) is 3.07. The molecule has 2 saturated carbocycles. The van der Waals surface area contributed by atoms with Crippen molar-refractivity contribution in [1.29, 1.82) is 0 Å². The summed E-state index contributed by atoms with van der Waals surface area (Å²) in [4.78, 5) is 30.1.